The van der Waals surface area contributed by atoms with Crippen LogP contribution in [-0.2, 0) is 10.0 Å². The number of nitrogens with zero attached hydrogens (tertiary/aromatic N) is 1. The summed E-state index contributed by atoms with van der Waals surface area (Å²) < 4.78 is 25.8. The fraction of sp³-hybridized carbons (Fsp3) is 0.636. The van der Waals surface area contributed by atoms with Gasteiger partial charge in [0.1, 0.15) is 4.21 Å². The molecule has 21 heavy (non-hydrogen) atoms. The Morgan fingerprint density at radius 2 is 2.10 bits per heavy atom. The summed E-state index contributed by atoms with van der Waals surface area (Å²) in [6.07, 6.45) is -0.425. The molecule has 1 rings (SSSR count). The molecule has 0 bridgehead atoms. The predicted octanol–water partition coefficient (Wildman–Crippen LogP) is 2.39. The lowest BCUT2D eigenvalue weighted by Gasteiger charge is -2.22. The number of aliphatic hydroxyl groups excluding tert-OH is 1. The molecule has 0 spiro atoms. The van der Waals surface area contributed by atoms with E-state index in [4.69, 9.17) is 11.6 Å². The van der Waals surface area contributed by atoms with E-state index in [-0.39, 0.29) is 20.5 Å². The Hall–Kier alpha value is -0.740. The standard InChI is InChI=1S/C11H17ClN2O5S2/c1-11(2,3)5-7(15)6-13-21(18,19)9-4-8(14(16)17)10(12)20-9/h4,7,13,15H,5-6H2,1-3H3. The molecule has 1 atom stereocenters. The van der Waals surface area contributed by atoms with E-state index in [0.717, 1.165) is 6.07 Å². The predicted molar refractivity (Wildman–Crippen MR) is 81.3 cm³/mol. The molecule has 0 aromatic carbocycles. The number of hydrogen-bond acceptors (Lipinski definition) is 6. The molecule has 0 aliphatic heterocycles. The fourth-order valence-corrected chi connectivity index (χ4v) is 4.43. The Bertz CT molecular complexity index is 621. The molecule has 10 heteroatoms. The SMILES string of the molecule is CC(C)(C)CC(O)CNS(=O)(=O)c1cc([N+](=O)[O-])c(Cl)s1. The van der Waals surface area contributed by atoms with Gasteiger partial charge in [0.05, 0.1) is 11.0 Å². The minimum Gasteiger partial charge on any atom is -0.392 e. The van der Waals surface area contributed by atoms with Crippen molar-refractivity contribution in [1.82, 2.24) is 4.72 Å². The first-order valence-corrected chi connectivity index (χ1v) is 8.71. The summed E-state index contributed by atoms with van der Waals surface area (Å²) in [7, 11) is -3.93. The first-order valence-electron chi connectivity index (χ1n) is 6.04. The summed E-state index contributed by atoms with van der Waals surface area (Å²) in [6.45, 7) is 5.61. The van der Waals surface area contributed by atoms with Crippen LogP contribution in [0.25, 0.3) is 0 Å². The van der Waals surface area contributed by atoms with E-state index in [9.17, 15) is 23.6 Å². The summed E-state index contributed by atoms with van der Waals surface area (Å²) >= 11 is 6.24. The molecule has 0 aliphatic carbocycles. The van der Waals surface area contributed by atoms with Gasteiger partial charge < -0.3 is 5.11 Å². The summed E-state index contributed by atoms with van der Waals surface area (Å²) in [4.78, 5) is 9.91. The smallest absolute Gasteiger partial charge is 0.300 e. The van der Waals surface area contributed by atoms with E-state index < -0.39 is 26.7 Å². The molecule has 2 N–H and O–H groups in total. The Labute approximate surface area is 132 Å². The zero-order valence-corrected chi connectivity index (χ0v) is 14.2. The third-order valence-electron chi connectivity index (χ3n) is 2.46. The minimum absolute atomic E-state index is 0.143. The first-order chi connectivity index (χ1) is 9.42. The molecule has 0 aliphatic rings. The number of thiophene rings is 1. The van der Waals surface area contributed by atoms with E-state index in [0.29, 0.717) is 17.8 Å². The number of halogens is 1. The molecule has 120 valence electrons. The lowest BCUT2D eigenvalue weighted by Crippen LogP contribution is -2.33. The first kappa shape index (κ1) is 18.3. The number of sulfonamides is 1. The van der Waals surface area contributed by atoms with Gasteiger partial charge in [-0.15, -0.1) is 11.3 Å². The number of nitro groups is 1. The summed E-state index contributed by atoms with van der Waals surface area (Å²) in [6, 6.07) is 0.908. The van der Waals surface area contributed by atoms with E-state index in [1.807, 2.05) is 20.8 Å². The van der Waals surface area contributed by atoms with Crippen molar-refractivity contribution in [2.45, 2.75) is 37.5 Å². The van der Waals surface area contributed by atoms with Crippen molar-refractivity contribution < 1.29 is 18.4 Å². The maximum absolute atomic E-state index is 12.0. The van der Waals surface area contributed by atoms with Gasteiger partial charge in [-0.2, -0.15) is 0 Å². The van der Waals surface area contributed by atoms with Crippen molar-refractivity contribution in [1.29, 1.82) is 0 Å². The molecular weight excluding hydrogens is 340 g/mol. The van der Waals surface area contributed by atoms with Crippen LogP contribution in [0, 0.1) is 15.5 Å². The highest BCUT2D eigenvalue weighted by atomic mass is 35.5. The number of hydrogen-bond donors (Lipinski definition) is 2. The maximum Gasteiger partial charge on any atom is 0.300 e. The second-order valence-electron chi connectivity index (χ2n) is 5.75. The van der Waals surface area contributed by atoms with Crippen LogP contribution in [0.3, 0.4) is 0 Å². The van der Waals surface area contributed by atoms with Crippen molar-refractivity contribution in [2.24, 2.45) is 5.41 Å². The van der Waals surface area contributed by atoms with Crippen molar-refractivity contribution in [3.63, 3.8) is 0 Å². The zero-order chi connectivity index (χ0) is 16.4. The third-order valence-corrected chi connectivity index (χ3v) is 5.70. The van der Waals surface area contributed by atoms with Crippen LogP contribution in [0.4, 0.5) is 5.69 Å². The molecular formula is C11H17ClN2O5S2. The normalized spacial score (nSPS) is 14.1. The van der Waals surface area contributed by atoms with Crippen LogP contribution in [0.1, 0.15) is 27.2 Å². The monoisotopic (exact) mass is 356 g/mol. The van der Waals surface area contributed by atoms with Gasteiger partial charge in [-0.1, -0.05) is 32.4 Å². The van der Waals surface area contributed by atoms with E-state index >= 15 is 0 Å². The summed E-state index contributed by atoms with van der Waals surface area (Å²) in [5.74, 6) is 0. The van der Waals surface area contributed by atoms with Gasteiger partial charge in [0.15, 0.2) is 4.34 Å². The maximum atomic E-state index is 12.0. The highest BCUT2D eigenvalue weighted by molar-refractivity contribution is 7.91. The van der Waals surface area contributed by atoms with Crippen molar-refractivity contribution >= 4 is 38.6 Å². The van der Waals surface area contributed by atoms with E-state index in [1.54, 1.807) is 0 Å². The molecule has 0 radical (unpaired) electrons. The Morgan fingerprint density at radius 3 is 2.52 bits per heavy atom. The highest BCUT2D eigenvalue weighted by Gasteiger charge is 2.26. The Balaban J connectivity index is 2.79. The molecule has 1 aromatic rings. The van der Waals surface area contributed by atoms with E-state index in [1.165, 1.54) is 0 Å². The van der Waals surface area contributed by atoms with Gasteiger partial charge in [0.2, 0.25) is 10.0 Å². The summed E-state index contributed by atoms with van der Waals surface area (Å²) in [5.41, 5.74) is -0.590. The van der Waals surface area contributed by atoms with Gasteiger partial charge in [-0.05, 0) is 11.8 Å². The fourth-order valence-electron chi connectivity index (χ4n) is 1.65. The van der Waals surface area contributed by atoms with Crippen LogP contribution >= 0.6 is 22.9 Å². The largest absolute Gasteiger partial charge is 0.392 e. The highest BCUT2D eigenvalue weighted by Crippen LogP contribution is 2.36. The topological polar surface area (TPSA) is 110 Å². The quantitative estimate of drug-likeness (QED) is 0.600. The van der Waals surface area contributed by atoms with Crippen LogP contribution in [0.2, 0.25) is 4.34 Å². The van der Waals surface area contributed by atoms with Gasteiger partial charge in [0.25, 0.3) is 5.69 Å². The van der Waals surface area contributed by atoms with Crippen LogP contribution < -0.4 is 4.72 Å². The third kappa shape index (κ3) is 5.51. The Kier molecular flexibility index (Phi) is 5.73. The van der Waals surface area contributed by atoms with Crippen LogP contribution in [0.15, 0.2) is 10.3 Å². The van der Waals surface area contributed by atoms with Gasteiger partial charge in [-0.25, -0.2) is 13.1 Å². The van der Waals surface area contributed by atoms with Crippen molar-refractivity contribution in [2.75, 3.05) is 6.54 Å². The zero-order valence-electron chi connectivity index (χ0n) is 11.8. The molecule has 0 fully saturated rings. The van der Waals surface area contributed by atoms with Crippen LogP contribution in [0.5, 0.6) is 0 Å². The number of rotatable bonds is 6. The molecule has 7 nitrogen and oxygen atoms in total. The minimum atomic E-state index is -3.93. The second kappa shape index (κ2) is 6.57. The average Bonchev–Trinajstić information content (AvgIpc) is 2.67. The second-order valence-corrected chi connectivity index (χ2v) is 9.40. The molecule has 1 aromatic heterocycles. The molecule has 0 amide bonds. The summed E-state index contributed by atoms with van der Waals surface area (Å²) in [5, 5.41) is 20.4. The van der Waals surface area contributed by atoms with Gasteiger partial charge >= 0.3 is 0 Å². The number of nitrogens with one attached hydrogen (secondary N) is 1. The average molecular weight is 357 g/mol. The molecule has 1 unspecified atom stereocenters. The molecule has 0 saturated carbocycles. The lowest BCUT2D eigenvalue weighted by molar-refractivity contribution is -0.384. The van der Waals surface area contributed by atoms with Crippen molar-refractivity contribution in [3.05, 3.63) is 20.5 Å². The van der Waals surface area contributed by atoms with Gasteiger partial charge in [-0.3, -0.25) is 10.1 Å². The van der Waals surface area contributed by atoms with E-state index in [2.05, 4.69) is 4.72 Å². The molecule has 1 heterocycles. The van der Waals surface area contributed by atoms with Gasteiger partial charge in [0, 0.05) is 12.6 Å². The number of aliphatic hydroxyl groups is 1. The Morgan fingerprint density at radius 1 is 1.52 bits per heavy atom. The lowest BCUT2D eigenvalue weighted by atomic mass is 9.89. The molecule has 0 saturated heterocycles. The van der Waals surface area contributed by atoms with Crippen LogP contribution in [-0.4, -0.2) is 31.1 Å². The van der Waals surface area contributed by atoms with Crippen molar-refractivity contribution in [3.8, 4) is 0 Å².